The van der Waals surface area contributed by atoms with Gasteiger partial charge in [0, 0.05) is 11.3 Å². The lowest BCUT2D eigenvalue weighted by atomic mass is 10.1. The van der Waals surface area contributed by atoms with E-state index in [-0.39, 0.29) is 5.91 Å². The number of fused-ring (bicyclic) bond motifs is 1. The van der Waals surface area contributed by atoms with Gasteiger partial charge in [0.05, 0.1) is 16.6 Å². The summed E-state index contributed by atoms with van der Waals surface area (Å²) in [6.45, 7) is 5.69. The molecular weight excluding hydrogens is 402 g/mol. The van der Waals surface area contributed by atoms with Crippen molar-refractivity contribution in [3.63, 3.8) is 0 Å². The van der Waals surface area contributed by atoms with Gasteiger partial charge >= 0.3 is 5.97 Å². The maximum Gasteiger partial charge on any atom is 0.338 e. The van der Waals surface area contributed by atoms with Crippen LogP contribution in [-0.2, 0) is 9.53 Å². The van der Waals surface area contributed by atoms with Crippen LogP contribution in [0.25, 0.3) is 22.4 Å². The highest BCUT2D eigenvalue weighted by Crippen LogP contribution is 2.22. The second kappa shape index (κ2) is 9.06. The Morgan fingerprint density at radius 2 is 1.81 bits per heavy atom. The number of H-pyrrole nitrogens is 1. The van der Waals surface area contributed by atoms with Crippen molar-refractivity contribution in [2.24, 2.45) is 0 Å². The number of nitrogens with zero attached hydrogens (tertiary/aromatic N) is 1. The summed E-state index contributed by atoms with van der Waals surface area (Å²) in [6, 6.07) is 20.7. The molecule has 4 aromatic rings. The first-order chi connectivity index (χ1) is 15.4. The lowest BCUT2D eigenvalue weighted by molar-refractivity contribution is -0.124. The van der Waals surface area contributed by atoms with Crippen molar-refractivity contribution >= 4 is 28.6 Å². The molecule has 4 rings (SSSR count). The molecule has 6 nitrogen and oxygen atoms in total. The minimum atomic E-state index is -0.889. The fraction of sp³-hybridized carbons (Fsp3) is 0.192. The highest BCUT2D eigenvalue weighted by Gasteiger charge is 2.23. The van der Waals surface area contributed by atoms with Crippen LogP contribution in [0.2, 0.25) is 0 Å². The maximum absolute atomic E-state index is 12.8. The number of carbonyl (C=O) groups excluding carboxylic acids is 2. The molecule has 1 heterocycles. The predicted octanol–water partition coefficient (Wildman–Crippen LogP) is 5.42. The standard InChI is InChI=1S/C26H25N3O3/c1-4-23(25(30)29-21-14-16(2)10-11-17(21)3)32-26(31)19-12-13-20-22(15-19)28-24(27-20)18-8-6-5-7-9-18/h5-15,23H,4H2,1-3H3,(H,27,28)(H,29,30). The number of imidazole rings is 1. The lowest BCUT2D eigenvalue weighted by Gasteiger charge is -2.17. The topological polar surface area (TPSA) is 84.1 Å². The monoisotopic (exact) mass is 427 g/mol. The zero-order chi connectivity index (χ0) is 22.7. The van der Waals surface area contributed by atoms with Gasteiger partial charge in [0.15, 0.2) is 6.10 Å². The fourth-order valence-electron chi connectivity index (χ4n) is 3.47. The number of aryl methyl sites for hydroxylation is 2. The van der Waals surface area contributed by atoms with Crippen LogP contribution in [0.15, 0.2) is 66.7 Å². The second-order valence-corrected chi connectivity index (χ2v) is 7.79. The summed E-state index contributed by atoms with van der Waals surface area (Å²) >= 11 is 0. The molecule has 0 radical (unpaired) electrons. The largest absolute Gasteiger partial charge is 0.449 e. The Morgan fingerprint density at radius 3 is 2.56 bits per heavy atom. The molecule has 1 atom stereocenters. The van der Waals surface area contributed by atoms with Crippen LogP contribution in [0.3, 0.4) is 0 Å². The molecule has 0 aliphatic heterocycles. The molecule has 0 saturated heterocycles. The SMILES string of the molecule is CCC(OC(=O)c1ccc2nc(-c3ccccc3)[nH]c2c1)C(=O)Nc1cc(C)ccc1C. The number of carbonyl (C=O) groups is 2. The summed E-state index contributed by atoms with van der Waals surface area (Å²) in [4.78, 5) is 33.3. The second-order valence-electron chi connectivity index (χ2n) is 7.79. The minimum absolute atomic E-state index is 0.344. The van der Waals surface area contributed by atoms with Gasteiger partial charge in [0.25, 0.3) is 5.91 Å². The van der Waals surface area contributed by atoms with Gasteiger partial charge in [-0.25, -0.2) is 9.78 Å². The summed E-state index contributed by atoms with van der Waals surface area (Å²) in [7, 11) is 0. The molecule has 0 aliphatic carbocycles. The lowest BCUT2D eigenvalue weighted by Crippen LogP contribution is -2.32. The van der Waals surface area contributed by atoms with E-state index in [1.54, 1.807) is 18.2 Å². The van der Waals surface area contributed by atoms with Gasteiger partial charge in [-0.1, -0.05) is 49.4 Å². The summed E-state index contributed by atoms with van der Waals surface area (Å²) < 4.78 is 5.54. The number of hydrogen-bond donors (Lipinski definition) is 2. The van der Waals surface area contributed by atoms with E-state index < -0.39 is 12.1 Å². The van der Waals surface area contributed by atoms with Gasteiger partial charge in [-0.3, -0.25) is 4.79 Å². The molecule has 0 aliphatic rings. The summed E-state index contributed by atoms with van der Waals surface area (Å²) in [5.74, 6) is -0.167. The first kappa shape index (κ1) is 21.3. The molecule has 2 N–H and O–H groups in total. The summed E-state index contributed by atoms with van der Waals surface area (Å²) in [5.41, 5.74) is 5.51. The Bertz CT molecular complexity index is 1280. The molecule has 162 valence electrons. The molecule has 6 heteroatoms. The number of aromatic amines is 1. The van der Waals surface area contributed by atoms with E-state index in [0.717, 1.165) is 39.2 Å². The van der Waals surface area contributed by atoms with Crippen LogP contribution in [0, 0.1) is 13.8 Å². The number of esters is 1. The van der Waals surface area contributed by atoms with E-state index in [9.17, 15) is 9.59 Å². The molecule has 0 bridgehead atoms. The number of nitrogens with one attached hydrogen (secondary N) is 2. The van der Waals surface area contributed by atoms with E-state index in [2.05, 4.69) is 15.3 Å². The van der Waals surface area contributed by atoms with Crippen molar-refractivity contribution in [1.82, 2.24) is 9.97 Å². The highest BCUT2D eigenvalue weighted by molar-refractivity contribution is 5.99. The van der Waals surface area contributed by atoms with Crippen molar-refractivity contribution in [1.29, 1.82) is 0 Å². The normalized spacial score (nSPS) is 11.8. The molecule has 0 fully saturated rings. The zero-order valence-corrected chi connectivity index (χ0v) is 18.3. The van der Waals surface area contributed by atoms with Crippen LogP contribution in [0.1, 0.15) is 34.8 Å². The van der Waals surface area contributed by atoms with Gasteiger partial charge in [-0.2, -0.15) is 0 Å². The molecule has 3 aromatic carbocycles. The summed E-state index contributed by atoms with van der Waals surface area (Å²) in [5, 5.41) is 2.88. The minimum Gasteiger partial charge on any atom is -0.449 e. The van der Waals surface area contributed by atoms with Gasteiger partial charge in [0.1, 0.15) is 5.82 Å². The first-order valence-corrected chi connectivity index (χ1v) is 10.6. The summed E-state index contributed by atoms with van der Waals surface area (Å²) in [6.07, 6.45) is -0.521. The van der Waals surface area contributed by atoms with Gasteiger partial charge in [-0.05, 0) is 55.7 Å². The predicted molar refractivity (Wildman–Crippen MR) is 126 cm³/mol. The third kappa shape index (κ3) is 4.54. The molecule has 1 amide bonds. The Morgan fingerprint density at radius 1 is 1.03 bits per heavy atom. The van der Waals surface area contributed by atoms with Crippen molar-refractivity contribution < 1.29 is 14.3 Å². The van der Waals surface area contributed by atoms with Gasteiger partial charge in [-0.15, -0.1) is 0 Å². The van der Waals surface area contributed by atoms with Crippen molar-refractivity contribution in [3.8, 4) is 11.4 Å². The molecule has 0 saturated carbocycles. The smallest absolute Gasteiger partial charge is 0.338 e. The molecule has 32 heavy (non-hydrogen) atoms. The quantitative estimate of drug-likeness (QED) is 0.402. The number of rotatable bonds is 6. The number of anilines is 1. The van der Waals surface area contributed by atoms with Crippen molar-refractivity contribution in [2.75, 3.05) is 5.32 Å². The highest BCUT2D eigenvalue weighted by atomic mass is 16.5. The zero-order valence-electron chi connectivity index (χ0n) is 18.3. The number of ether oxygens (including phenoxy) is 1. The number of hydrogen-bond acceptors (Lipinski definition) is 4. The van der Waals surface area contributed by atoms with Crippen LogP contribution in [0.5, 0.6) is 0 Å². The Kier molecular flexibility index (Phi) is 6.03. The third-order valence-electron chi connectivity index (χ3n) is 5.33. The molecule has 1 aromatic heterocycles. The average molecular weight is 428 g/mol. The number of amides is 1. The molecular formula is C26H25N3O3. The van der Waals surface area contributed by atoms with Crippen LogP contribution in [-0.4, -0.2) is 27.9 Å². The van der Waals surface area contributed by atoms with Crippen LogP contribution in [0.4, 0.5) is 5.69 Å². The van der Waals surface area contributed by atoms with E-state index >= 15 is 0 Å². The van der Waals surface area contributed by atoms with Crippen LogP contribution < -0.4 is 5.32 Å². The molecule has 1 unspecified atom stereocenters. The maximum atomic E-state index is 12.8. The number of benzene rings is 3. The van der Waals surface area contributed by atoms with Gasteiger partial charge < -0.3 is 15.0 Å². The van der Waals surface area contributed by atoms with Crippen molar-refractivity contribution in [3.05, 3.63) is 83.4 Å². The Balaban J connectivity index is 1.50. The van der Waals surface area contributed by atoms with Crippen LogP contribution >= 0.6 is 0 Å². The Hall–Kier alpha value is -3.93. The van der Waals surface area contributed by atoms with E-state index in [4.69, 9.17) is 4.74 Å². The molecule has 0 spiro atoms. The average Bonchev–Trinajstić information content (AvgIpc) is 3.23. The fourth-order valence-corrected chi connectivity index (χ4v) is 3.47. The van der Waals surface area contributed by atoms with E-state index in [0.29, 0.717) is 12.0 Å². The Labute approximate surface area is 186 Å². The van der Waals surface area contributed by atoms with Crippen molar-refractivity contribution in [2.45, 2.75) is 33.3 Å². The van der Waals surface area contributed by atoms with E-state index in [1.165, 1.54) is 0 Å². The van der Waals surface area contributed by atoms with E-state index in [1.807, 2.05) is 69.3 Å². The number of aromatic nitrogens is 2. The first-order valence-electron chi connectivity index (χ1n) is 10.6. The van der Waals surface area contributed by atoms with Gasteiger partial charge in [0.2, 0.25) is 0 Å². The third-order valence-corrected chi connectivity index (χ3v) is 5.33.